The number of fused-ring (bicyclic) bond motifs is 1. The number of carbonyl (C=O) groups is 1. The SMILES string of the molecule is CC(NC(=O)CC1CNCCO1)c1cccc2ccccc12.Cl. The lowest BCUT2D eigenvalue weighted by molar-refractivity contribution is -0.125. The molecule has 2 unspecified atom stereocenters. The Hall–Kier alpha value is -1.62. The number of rotatable bonds is 4. The molecule has 2 N–H and O–H groups in total. The van der Waals surface area contributed by atoms with Gasteiger partial charge in [-0.3, -0.25) is 4.79 Å². The molecule has 0 aromatic heterocycles. The topological polar surface area (TPSA) is 50.4 Å². The lowest BCUT2D eigenvalue weighted by atomic mass is 9.99. The van der Waals surface area contributed by atoms with Crippen molar-refractivity contribution in [1.29, 1.82) is 0 Å². The maximum atomic E-state index is 12.2. The number of ether oxygens (including phenoxy) is 1. The zero-order chi connectivity index (χ0) is 15.4. The Morgan fingerprint density at radius 3 is 2.87 bits per heavy atom. The van der Waals surface area contributed by atoms with Crippen LogP contribution in [0.25, 0.3) is 10.8 Å². The van der Waals surface area contributed by atoms with Gasteiger partial charge in [-0.15, -0.1) is 12.4 Å². The lowest BCUT2D eigenvalue weighted by Gasteiger charge is -2.24. The zero-order valence-corrected chi connectivity index (χ0v) is 14.1. The van der Waals surface area contributed by atoms with Gasteiger partial charge in [0.2, 0.25) is 5.91 Å². The smallest absolute Gasteiger partial charge is 0.223 e. The minimum absolute atomic E-state index is 0. The van der Waals surface area contributed by atoms with E-state index in [1.807, 2.05) is 25.1 Å². The van der Waals surface area contributed by atoms with Crippen LogP contribution in [0.15, 0.2) is 42.5 Å². The monoisotopic (exact) mass is 334 g/mol. The van der Waals surface area contributed by atoms with Crippen molar-refractivity contribution in [2.24, 2.45) is 0 Å². The molecule has 2 aromatic carbocycles. The molecule has 0 saturated carbocycles. The van der Waals surface area contributed by atoms with Crippen molar-refractivity contribution in [3.63, 3.8) is 0 Å². The average molecular weight is 335 g/mol. The van der Waals surface area contributed by atoms with E-state index in [0.717, 1.165) is 18.7 Å². The predicted molar refractivity (Wildman–Crippen MR) is 95.0 cm³/mol. The summed E-state index contributed by atoms with van der Waals surface area (Å²) < 4.78 is 5.58. The molecular formula is C18H23ClN2O2. The van der Waals surface area contributed by atoms with Crippen LogP contribution in [-0.4, -0.2) is 31.7 Å². The highest BCUT2D eigenvalue weighted by molar-refractivity contribution is 5.87. The Kier molecular flexibility index (Phi) is 6.39. The quantitative estimate of drug-likeness (QED) is 0.904. The van der Waals surface area contributed by atoms with Gasteiger partial charge in [0.25, 0.3) is 0 Å². The van der Waals surface area contributed by atoms with Gasteiger partial charge in [0.1, 0.15) is 0 Å². The highest BCUT2D eigenvalue weighted by Crippen LogP contribution is 2.24. The van der Waals surface area contributed by atoms with Crippen LogP contribution in [0.4, 0.5) is 0 Å². The van der Waals surface area contributed by atoms with Crippen LogP contribution >= 0.6 is 12.4 Å². The summed E-state index contributed by atoms with van der Waals surface area (Å²) in [6.45, 7) is 4.32. The van der Waals surface area contributed by atoms with Crippen LogP contribution < -0.4 is 10.6 Å². The van der Waals surface area contributed by atoms with Crippen molar-refractivity contribution in [1.82, 2.24) is 10.6 Å². The van der Waals surface area contributed by atoms with E-state index in [2.05, 4.69) is 34.9 Å². The van der Waals surface area contributed by atoms with Gasteiger partial charge in [0.05, 0.1) is 25.2 Å². The van der Waals surface area contributed by atoms with Crippen molar-refractivity contribution >= 4 is 29.1 Å². The number of hydrogen-bond donors (Lipinski definition) is 2. The van der Waals surface area contributed by atoms with Crippen LogP contribution in [-0.2, 0) is 9.53 Å². The lowest BCUT2D eigenvalue weighted by Crippen LogP contribution is -2.41. The molecule has 1 amide bonds. The van der Waals surface area contributed by atoms with Crippen molar-refractivity contribution in [2.45, 2.75) is 25.5 Å². The summed E-state index contributed by atoms with van der Waals surface area (Å²) in [5.74, 6) is 0.0362. The molecule has 3 rings (SSSR count). The van der Waals surface area contributed by atoms with E-state index < -0.39 is 0 Å². The van der Waals surface area contributed by atoms with E-state index in [0.29, 0.717) is 13.0 Å². The first-order valence-corrected chi connectivity index (χ1v) is 7.83. The Balaban J connectivity index is 0.00000192. The van der Waals surface area contributed by atoms with Gasteiger partial charge < -0.3 is 15.4 Å². The molecule has 0 radical (unpaired) electrons. The summed E-state index contributed by atoms with van der Waals surface area (Å²) >= 11 is 0. The molecule has 124 valence electrons. The van der Waals surface area contributed by atoms with E-state index in [1.54, 1.807) is 0 Å². The van der Waals surface area contributed by atoms with Crippen molar-refractivity contribution in [2.75, 3.05) is 19.7 Å². The molecule has 2 aromatic rings. The molecule has 0 spiro atoms. The van der Waals surface area contributed by atoms with Gasteiger partial charge in [-0.2, -0.15) is 0 Å². The first-order chi connectivity index (χ1) is 10.7. The van der Waals surface area contributed by atoms with Crippen molar-refractivity contribution in [3.8, 4) is 0 Å². The fourth-order valence-electron chi connectivity index (χ4n) is 2.96. The van der Waals surface area contributed by atoms with Crippen LogP contribution in [0.3, 0.4) is 0 Å². The molecule has 5 heteroatoms. The summed E-state index contributed by atoms with van der Waals surface area (Å²) in [6, 6.07) is 14.4. The van der Waals surface area contributed by atoms with Crippen LogP contribution in [0.1, 0.15) is 24.9 Å². The van der Waals surface area contributed by atoms with Gasteiger partial charge in [-0.1, -0.05) is 42.5 Å². The minimum Gasteiger partial charge on any atom is -0.375 e. The second-order valence-corrected chi connectivity index (χ2v) is 5.76. The third-order valence-electron chi connectivity index (χ3n) is 4.08. The predicted octanol–water partition coefficient (Wildman–Crippen LogP) is 2.82. The first kappa shape index (κ1) is 17.7. The van der Waals surface area contributed by atoms with Crippen LogP contribution in [0.5, 0.6) is 0 Å². The van der Waals surface area contributed by atoms with E-state index in [9.17, 15) is 4.79 Å². The fourth-order valence-corrected chi connectivity index (χ4v) is 2.96. The normalized spacial score (nSPS) is 18.9. The van der Waals surface area contributed by atoms with E-state index in [-0.39, 0.29) is 30.5 Å². The summed E-state index contributed by atoms with van der Waals surface area (Å²) in [4.78, 5) is 12.2. The Bertz CT molecular complexity index is 651. The highest BCUT2D eigenvalue weighted by Gasteiger charge is 2.19. The second-order valence-electron chi connectivity index (χ2n) is 5.76. The third kappa shape index (κ3) is 4.44. The number of morpholine rings is 1. The molecule has 1 heterocycles. The van der Waals surface area contributed by atoms with E-state index >= 15 is 0 Å². The highest BCUT2D eigenvalue weighted by atomic mass is 35.5. The molecule has 1 saturated heterocycles. The Morgan fingerprint density at radius 1 is 1.30 bits per heavy atom. The maximum absolute atomic E-state index is 12.2. The summed E-state index contributed by atoms with van der Waals surface area (Å²) in [5, 5.41) is 8.72. The molecule has 23 heavy (non-hydrogen) atoms. The Labute approximate surface area is 143 Å². The summed E-state index contributed by atoms with van der Waals surface area (Å²) in [5.41, 5.74) is 1.15. The number of halogens is 1. The van der Waals surface area contributed by atoms with E-state index in [1.165, 1.54) is 10.8 Å². The third-order valence-corrected chi connectivity index (χ3v) is 4.08. The summed E-state index contributed by atoms with van der Waals surface area (Å²) in [7, 11) is 0. The number of benzene rings is 2. The Morgan fingerprint density at radius 2 is 2.09 bits per heavy atom. The standard InChI is InChI=1S/C18H22N2O2.ClH/c1-13(20-18(21)11-15-12-19-9-10-22-15)16-8-4-6-14-5-2-3-7-17(14)16;/h2-8,13,15,19H,9-12H2,1H3,(H,20,21);1H. The van der Waals surface area contributed by atoms with Gasteiger partial charge >= 0.3 is 0 Å². The molecule has 1 aliphatic heterocycles. The van der Waals surface area contributed by atoms with Crippen molar-refractivity contribution < 1.29 is 9.53 Å². The van der Waals surface area contributed by atoms with Crippen LogP contribution in [0.2, 0.25) is 0 Å². The first-order valence-electron chi connectivity index (χ1n) is 7.83. The summed E-state index contributed by atoms with van der Waals surface area (Å²) in [6.07, 6.45) is 0.385. The van der Waals surface area contributed by atoms with Gasteiger partial charge in [0, 0.05) is 13.1 Å². The minimum atomic E-state index is -0.0199. The number of amides is 1. The molecule has 0 bridgehead atoms. The molecule has 1 fully saturated rings. The largest absolute Gasteiger partial charge is 0.375 e. The number of hydrogen-bond acceptors (Lipinski definition) is 3. The van der Waals surface area contributed by atoms with Crippen LogP contribution in [0, 0.1) is 0 Å². The van der Waals surface area contributed by atoms with Crippen molar-refractivity contribution in [3.05, 3.63) is 48.0 Å². The number of carbonyl (C=O) groups excluding carboxylic acids is 1. The number of nitrogens with one attached hydrogen (secondary N) is 2. The maximum Gasteiger partial charge on any atom is 0.223 e. The van der Waals surface area contributed by atoms with Gasteiger partial charge in [-0.25, -0.2) is 0 Å². The molecule has 1 aliphatic rings. The second kappa shape index (κ2) is 8.29. The van der Waals surface area contributed by atoms with Gasteiger partial charge in [-0.05, 0) is 23.3 Å². The molecule has 0 aliphatic carbocycles. The van der Waals surface area contributed by atoms with E-state index in [4.69, 9.17) is 4.74 Å². The van der Waals surface area contributed by atoms with Gasteiger partial charge in [0.15, 0.2) is 0 Å². The zero-order valence-electron chi connectivity index (χ0n) is 13.2. The fraction of sp³-hybridized carbons (Fsp3) is 0.389. The molecule has 4 nitrogen and oxygen atoms in total. The molecule has 2 atom stereocenters. The average Bonchev–Trinajstić information content (AvgIpc) is 2.55. The molecular weight excluding hydrogens is 312 g/mol.